The van der Waals surface area contributed by atoms with Crippen molar-refractivity contribution in [3.05, 3.63) is 96.1 Å². The molecule has 1 N–H and O–H groups in total. The van der Waals surface area contributed by atoms with Gasteiger partial charge in [0.25, 0.3) is 0 Å². The zero-order valence-corrected chi connectivity index (χ0v) is 24.3. The van der Waals surface area contributed by atoms with Gasteiger partial charge in [0.05, 0.1) is 12.0 Å². The second-order valence-electron chi connectivity index (χ2n) is 9.61. The van der Waals surface area contributed by atoms with Crippen molar-refractivity contribution in [3.63, 3.8) is 0 Å². The Kier molecular flexibility index (Phi) is 11.7. The van der Waals surface area contributed by atoms with E-state index in [4.69, 9.17) is 4.74 Å². The number of nitrogens with zero attached hydrogens (tertiary/aromatic N) is 2. The maximum atomic E-state index is 13.8. The highest BCUT2D eigenvalue weighted by molar-refractivity contribution is 7.89. The molecule has 0 bridgehead atoms. The van der Waals surface area contributed by atoms with Crippen molar-refractivity contribution in [2.45, 2.75) is 50.1 Å². The van der Waals surface area contributed by atoms with Gasteiger partial charge in [-0.15, -0.1) is 0 Å². The van der Waals surface area contributed by atoms with E-state index in [0.29, 0.717) is 25.1 Å². The third-order valence-corrected chi connectivity index (χ3v) is 8.49. The molecule has 0 aliphatic rings. The summed E-state index contributed by atoms with van der Waals surface area (Å²) in [6.07, 6.45) is 1.53. The number of nitrogens with one attached hydrogen (secondary N) is 1. The molecule has 3 aromatic carbocycles. The van der Waals surface area contributed by atoms with Crippen molar-refractivity contribution in [1.82, 2.24) is 14.5 Å². The van der Waals surface area contributed by atoms with E-state index in [1.807, 2.05) is 61.5 Å². The van der Waals surface area contributed by atoms with E-state index in [2.05, 4.69) is 5.32 Å². The highest BCUT2D eigenvalue weighted by Gasteiger charge is 2.30. The first-order chi connectivity index (χ1) is 19.3. The third-order valence-electron chi connectivity index (χ3n) is 6.62. The summed E-state index contributed by atoms with van der Waals surface area (Å²) in [7, 11) is -0.571. The van der Waals surface area contributed by atoms with Gasteiger partial charge < -0.3 is 15.0 Å². The smallest absolute Gasteiger partial charge is 0.243 e. The van der Waals surface area contributed by atoms with Gasteiger partial charge in [0.1, 0.15) is 11.8 Å². The van der Waals surface area contributed by atoms with Crippen LogP contribution in [-0.2, 0) is 32.6 Å². The normalized spacial score (nSPS) is 12.1. The number of carbonyl (C=O) groups is 2. The van der Waals surface area contributed by atoms with Crippen LogP contribution in [0.5, 0.6) is 5.75 Å². The number of amides is 2. The predicted octanol–water partition coefficient (Wildman–Crippen LogP) is 4.26. The van der Waals surface area contributed by atoms with Crippen molar-refractivity contribution in [3.8, 4) is 5.75 Å². The van der Waals surface area contributed by atoms with E-state index in [1.54, 1.807) is 42.3 Å². The first kappa shape index (κ1) is 30.8. The van der Waals surface area contributed by atoms with Crippen LogP contribution in [0.15, 0.2) is 89.8 Å². The van der Waals surface area contributed by atoms with Gasteiger partial charge in [-0.3, -0.25) is 9.59 Å². The molecule has 1 unspecified atom stereocenters. The number of ether oxygens (including phenoxy) is 1. The third kappa shape index (κ3) is 8.66. The van der Waals surface area contributed by atoms with Crippen LogP contribution in [0.25, 0.3) is 0 Å². The van der Waals surface area contributed by atoms with Gasteiger partial charge in [0, 0.05) is 39.5 Å². The molecule has 0 fully saturated rings. The Morgan fingerprint density at radius 1 is 0.925 bits per heavy atom. The Morgan fingerprint density at radius 3 is 2.23 bits per heavy atom. The average molecular weight is 566 g/mol. The fraction of sp³-hybridized carbons (Fsp3) is 0.355. The van der Waals surface area contributed by atoms with Crippen LogP contribution in [0, 0.1) is 0 Å². The van der Waals surface area contributed by atoms with E-state index in [9.17, 15) is 18.0 Å². The van der Waals surface area contributed by atoms with E-state index >= 15 is 0 Å². The Labute approximate surface area is 238 Å². The van der Waals surface area contributed by atoms with Gasteiger partial charge in [-0.25, -0.2) is 12.7 Å². The number of benzene rings is 3. The molecule has 0 radical (unpaired) electrons. The van der Waals surface area contributed by atoms with E-state index in [0.717, 1.165) is 17.5 Å². The first-order valence-corrected chi connectivity index (χ1v) is 15.0. The van der Waals surface area contributed by atoms with Crippen molar-refractivity contribution < 1.29 is 22.7 Å². The van der Waals surface area contributed by atoms with Gasteiger partial charge in [-0.1, -0.05) is 67.6 Å². The lowest BCUT2D eigenvalue weighted by atomic mass is 10.0. The largest absolute Gasteiger partial charge is 0.497 e. The fourth-order valence-electron chi connectivity index (χ4n) is 4.38. The number of sulfonamides is 1. The molecule has 8 nitrogen and oxygen atoms in total. The molecule has 2 amide bonds. The molecule has 0 aliphatic carbocycles. The highest BCUT2D eigenvalue weighted by Crippen LogP contribution is 2.20. The first-order valence-electron chi connectivity index (χ1n) is 13.5. The van der Waals surface area contributed by atoms with E-state index < -0.39 is 16.1 Å². The lowest BCUT2D eigenvalue weighted by Crippen LogP contribution is -2.50. The lowest BCUT2D eigenvalue weighted by Gasteiger charge is -2.32. The number of hydrogen-bond donors (Lipinski definition) is 1. The molecule has 3 rings (SSSR count). The van der Waals surface area contributed by atoms with E-state index in [1.165, 1.54) is 11.4 Å². The number of rotatable bonds is 15. The van der Waals surface area contributed by atoms with Crippen LogP contribution < -0.4 is 10.1 Å². The molecular weight excluding hydrogens is 526 g/mol. The molecule has 9 heteroatoms. The molecule has 3 aromatic rings. The molecule has 0 aromatic heterocycles. The summed E-state index contributed by atoms with van der Waals surface area (Å²) in [6, 6.07) is 24.5. The number of hydrogen-bond acceptors (Lipinski definition) is 5. The van der Waals surface area contributed by atoms with Crippen LogP contribution in [0.4, 0.5) is 0 Å². The van der Waals surface area contributed by atoms with Crippen LogP contribution in [-0.4, -0.2) is 62.7 Å². The van der Waals surface area contributed by atoms with Gasteiger partial charge in [-0.2, -0.15) is 0 Å². The van der Waals surface area contributed by atoms with Crippen molar-refractivity contribution >= 4 is 21.8 Å². The average Bonchev–Trinajstić information content (AvgIpc) is 2.98. The Bertz CT molecular complexity index is 1330. The van der Waals surface area contributed by atoms with Crippen molar-refractivity contribution in [1.29, 1.82) is 0 Å². The quantitative estimate of drug-likeness (QED) is 0.297. The Hall–Kier alpha value is -3.69. The molecule has 1 atom stereocenters. The van der Waals surface area contributed by atoms with Crippen molar-refractivity contribution in [2.24, 2.45) is 0 Å². The maximum absolute atomic E-state index is 13.8. The molecule has 0 aliphatic heterocycles. The SMILES string of the molecule is CCCNC(=O)C(Cc1ccccc1)N(Cc1cccc(OC)c1)C(=O)CCCN(C)S(=O)(=O)c1ccccc1. The minimum absolute atomic E-state index is 0.0883. The van der Waals surface area contributed by atoms with Crippen LogP contribution in [0.3, 0.4) is 0 Å². The zero-order valence-electron chi connectivity index (χ0n) is 23.5. The number of carbonyl (C=O) groups excluding carboxylic acids is 2. The predicted molar refractivity (Wildman–Crippen MR) is 156 cm³/mol. The minimum Gasteiger partial charge on any atom is -0.497 e. The van der Waals surface area contributed by atoms with Crippen LogP contribution in [0.1, 0.15) is 37.3 Å². The molecule has 0 spiro atoms. The molecule has 0 heterocycles. The molecule has 40 heavy (non-hydrogen) atoms. The van der Waals surface area contributed by atoms with Gasteiger partial charge in [0.2, 0.25) is 21.8 Å². The second-order valence-corrected chi connectivity index (χ2v) is 11.7. The topological polar surface area (TPSA) is 96.0 Å². The lowest BCUT2D eigenvalue weighted by molar-refractivity contribution is -0.141. The molecular formula is C31H39N3O5S. The van der Waals surface area contributed by atoms with E-state index in [-0.39, 0.29) is 36.2 Å². The molecule has 214 valence electrons. The van der Waals surface area contributed by atoms with Crippen molar-refractivity contribution in [2.75, 3.05) is 27.2 Å². The summed E-state index contributed by atoms with van der Waals surface area (Å²) in [5, 5.41) is 2.96. The summed E-state index contributed by atoms with van der Waals surface area (Å²) in [5.41, 5.74) is 1.77. The summed E-state index contributed by atoms with van der Waals surface area (Å²) in [6.45, 7) is 2.87. The van der Waals surface area contributed by atoms with Gasteiger partial charge in [0.15, 0.2) is 0 Å². The highest BCUT2D eigenvalue weighted by atomic mass is 32.2. The molecule has 0 saturated heterocycles. The second kappa shape index (κ2) is 15.2. The zero-order chi connectivity index (χ0) is 29.0. The summed E-state index contributed by atoms with van der Waals surface area (Å²) < 4.78 is 32.4. The van der Waals surface area contributed by atoms with Gasteiger partial charge in [-0.05, 0) is 48.2 Å². The summed E-state index contributed by atoms with van der Waals surface area (Å²) in [5.74, 6) is 0.222. The maximum Gasteiger partial charge on any atom is 0.243 e. The Morgan fingerprint density at radius 2 is 1.57 bits per heavy atom. The van der Waals surface area contributed by atoms with Crippen LogP contribution >= 0.6 is 0 Å². The minimum atomic E-state index is -3.66. The number of methoxy groups -OCH3 is 1. The fourth-order valence-corrected chi connectivity index (χ4v) is 5.61. The standard InChI is InChI=1S/C31H39N3O5S/c1-4-20-32-31(36)29(23-25-13-7-5-8-14-25)34(24-26-15-11-16-27(22-26)39-3)30(35)19-12-21-33(2)40(37,38)28-17-9-6-10-18-28/h5-11,13-18,22,29H,4,12,19-21,23-24H2,1-3H3,(H,32,36). The van der Waals surface area contributed by atoms with Gasteiger partial charge >= 0.3 is 0 Å². The van der Waals surface area contributed by atoms with Crippen LogP contribution in [0.2, 0.25) is 0 Å². The summed E-state index contributed by atoms with van der Waals surface area (Å²) >= 11 is 0. The monoisotopic (exact) mass is 565 g/mol. The molecule has 0 saturated carbocycles. The Balaban J connectivity index is 1.83. The summed E-state index contributed by atoms with van der Waals surface area (Å²) in [4.78, 5) is 29.0.